The van der Waals surface area contributed by atoms with Crippen LogP contribution >= 0.6 is 11.8 Å². The molecule has 130 valence electrons. The summed E-state index contributed by atoms with van der Waals surface area (Å²) in [4.78, 5) is 14.2. The van der Waals surface area contributed by atoms with Gasteiger partial charge in [0.1, 0.15) is 5.37 Å². The lowest BCUT2D eigenvalue weighted by Gasteiger charge is -2.24. The van der Waals surface area contributed by atoms with Crippen molar-refractivity contribution < 1.29 is 23.0 Å². The van der Waals surface area contributed by atoms with Gasteiger partial charge in [-0.3, -0.25) is 0 Å². The number of ether oxygens (including phenoxy) is 2. The molecule has 2 aliphatic heterocycles. The predicted molar refractivity (Wildman–Crippen MR) is 89.8 cm³/mol. The van der Waals surface area contributed by atoms with Crippen LogP contribution in [0.25, 0.3) is 0 Å². The third kappa shape index (κ3) is 3.09. The molecule has 1 atom stereocenters. The highest BCUT2D eigenvalue weighted by Gasteiger charge is 2.32. The van der Waals surface area contributed by atoms with Crippen LogP contribution < -0.4 is 14.8 Å². The molecule has 8 heteroatoms. The summed E-state index contributed by atoms with van der Waals surface area (Å²) in [6, 6.07) is 8.50. The number of urea groups is 1. The van der Waals surface area contributed by atoms with E-state index >= 15 is 0 Å². The fraction of sp³-hybridized carbons (Fsp3) is 0.235. The Morgan fingerprint density at radius 1 is 1.12 bits per heavy atom. The maximum atomic E-state index is 13.3. The Bertz CT molecular complexity index is 834. The average molecular weight is 364 g/mol. The molecule has 2 aliphatic rings. The van der Waals surface area contributed by atoms with E-state index in [2.05, 4.69) is 5.32 Å². The van der Waals surface area contributed by atoms with Crippen molar-refractivity contribution in [1.29, 1.82) is 0 Å². The minimum Gasteiger partial charge on any atom is -0.454 e. The number of nitrogens with zero attached hydrogens (tertiary/aromatic N) is 1. The van der Waals surface area contributed by atoms with Gasteiger partial charge in [-0.2, -0.15) is 0 Å². The summed E-state index contributed by atoms with van der Waals surface area (Å²) in [6.45, 7) is 0.746. The SMILES string of the molecule is O=C(Nc1ccc(F)c(F)c1)N1CCSC1c1ccc2c(c1)OCO2. The third-order valence-corrected chi connectivity index (χ3v) is 5.27. The van der Waals surface area contributed by atoms with Gasteiger partial charge in [0.05, 0.1) is 0 Å². The molecule has 2 heterocycles. The van der Waals surface area contributed by atoms with Gasteiger partial charge in [-0.15, -0.1) is 11.8 Å². The van der Waals surface area contributed by atoms with Gasteiger partial charge in [-0.1, -0.05) is 6.07 Å². The van der Waals surface area contributed by atoms with Gasteiger partial charge in [0, 0.05) is 24.1 Å². The Hall–Kier alpha value is -2.48. The first-order chi connectivity index (χ1) is 12.1. The van der Waals surface area contributed by atoms with Gasteiger partial charge >= 0.3 is 6.03 Å². The lowest BCUT2D eigenvalue weighted by molar-refractivity contribution is 0.174. The molecule has 2 aromatic carbocycles. The van der Waals surface area contributed by atoms with Crippen molar-refractivity contribution in [1.82, 2.24) is 4.90 Å². The highest BCUT2D eigenvalue weighted by atomic mass is 32.2. The van der Waals surface area contributed by atoms with E-state index in [1.54, 1.807) is 16.7 Å². The highest BCUT2D eigenvalue weighted by Crippen LogP contribution is 2.42. The molecule has 0 aromatic heterocycles. The zero-order valence-electron chi connectivity index (χ0n) is 13.0. The first-order valence-electron chi connectivity index (χ1n) is 7.65. The normalized spacial score (nSPS) is 18.5. The topological polar surface area (TPSA) is 50.8 Å². The lowest BCUT2D eigenvalue weighted by atomic mass is 10.2. The molecule has 1 N–H and O–H groups in total. The standard InChI is InChI=1S/C17H14F2N2O3S/c18-12-3-2-11(8-13(12)19)20-17(22)21-5-6-25-16(21)10-1-4-14-15(7-10)24-9-23-14/h1-4,7-8,16H,5-6,9H2,(H,20,22). The van der Waals surface area contributed by atoms with Crippen LogP contribution in [0.5, 0.6) is 11.5 Å². The third-order valence-electron chi connectivity index (χ3n) is 4.00. The number of carbonyl (C=O) groups is 1. The minimum absolute atomic E-state index is 0.181. The van der Waals surface area contributed by atoms with Crippen LogP contribution in [0.3, 0.4) is 0 Å². The number of anilines is 1. The van der Waals surface area contributed by atoms with E-state index in [1.807, 2.05) is 18.2 Å². The van der Waals surface area contributed by atoms with Crippen molar-refractivity contribution in [3.63, 3.8) is 0 Å². The molecule has 2 aromatic rings. The van der Waals surface area contributed by atoms with Gasteiger partial charge in [0.15, 0.2) is 23.1 Å². The predicted octanol–water partition coefficient (Wildman–Crippen LogP) is 3.97. The second-order valence-corrected chi connectivity index (χ2v) is 6.78. The molecular weight excluding hydrogens is 350 g/mol. The summed E-state index contributed by atoms with van der Waals surface area (Å²) in [7, 11) is 0. The number of amides is 2. The second kappa shape index (κ2) is 6.44. The van der Waals surface area contributed by atoms with E-state index in [4.69, 9.17) is 9.47 Å². The quantitative estimate of drug-likeness (QED) is 0.876. The van der Waals surface area contributed by atoms with Crippen molar-refractivity contribution in [3.05, 3.63) is 53.6 Å². The zero-order chi connectivity index (χ0) is 17.4. The molecule has 0 aliphatic carbocycles. The van der Waals surface area contributed by atoms with Gasteiger partial charge in [-0.25, -0.2) is 13.6 Å². The molecule has 5 nitrogen and oxygen atoms in total. The molecule has 1 unspecified atom stereocenters. The maximum absolute atomic E-state index is 13.3. The van der Waals surface area contributed by atoms with Crippen LogP contribution in [0.2, 0.25) is 0 Å². The fourth-order valence-electron chi connectivity index (χ4n) is 2.79. The van der Waals surface area contributed by atoms with Crippen LogP contribution in [0.1, 0.15) is 10.9 Å². The number of benzene rings is 2. The number of rotatable bonds is 2. The van der Waals surface area contributed by atoms with Crippen LogP contribution in [-0.2, 0) is 0 Å². The van der Waals surface area contributed by atoms with Crippen molar-refractivity contribution >= 4 is 23.5 Å². The Morgan fingerprint density at radius 2 is 1.96 bits per heavy atom. The van der Waals surface area contributed by atoms with Crippen LogP contribution in [-0.4, -0.2) is 30.0 Å². The number of carbonyl (C=O) groups excluding carboxylic acids is 1. The van der Waals surface area contributed by atoms with E-state index in [-0.39, 0.29) is 23.9 Å². The van der Waals surface area contributed by atoms with Crippen LogP contribution in [0.15, 0.2) is 36.4 Å². The summed E-state index contributed by atoms with van der Waals surface area (Å²) >= 11 is 1.63. The summed E-state index contributed by atoms with van der Waals surface area (Å²) in [6.07, 6.45) is 0. The summed E-state index contributed by atoms with van der Waals surface area (Å²) in [5.74, 6) is 0.175. The smallest absolute Gasteiger partial charge is 0.323 e. The second-order valence-electron chi connectivity index (χ2n) is 5.59. The van der Waals surface area contributed by atoms with Crippen molar-refractivity contribution in [2.75, 3.05) is 24.4 Å². The van der Waals surface area contributed by atoms with Crippen molar-refractivity contribution in [2.45, 2.75) is 5.37 Å². The molecule has 0 saturated carbocycles. The number of fused-ring (bicyclic) bond motifs is 1. The molecule has 2 amide bonds. The van der Waals surface area contributed by atoms with Gasteiger partial charge in [0.2, 0.25) is 6.79 Å². The first kappa shape index (κ1) is 16.0. The molecule has 0 bridgehead atoms. The summed E-state index contributed by atoms with van der Waals surface area (Å²) < 4.78 is 37.0. The van der Waals surface area contributed by atoms with E-state index in [0.29, 0.717) is 18.0 Å². The first-order valence-corrected chi connectivity index (χ1v) is 8.70. The fourth-order valence-corrected chi connectivity index (χ4v) is 4.04. The number of hydrogen-bond acceptors (Lipinski definition) is 4. The molecule has 0 radical (unpaired) electrons. The van der Waals surface area contributed by atoms with E-state index in [1.165, 1.54) is 6.07 Å². The highest BCUT2D eigenvalue weighted by molar-refractivity contribution is 7.99. The average Bonchev–Trinajstić information content (AvgIpc) is 3.26. The molecular formula is C17H14F2N2O3S. The number of nitrogens with one attached hydrogen (secondary N) is 1. The molecule has 1 saturated heterocycles. The van der Waals surface area contributed by atoms with Gasteiger partial charge in [-0.05, 0) is 29.8 Å². The largest absolute Gasteiger partial charge is 0.454 e. The minimum atomic E-state index is -0.999. The lowest BCUT2D eigenvalue weighted by Crippen LogP contribution is -2.34. The molecule has 0 spiro atoms. The Labute approximate surface area is 146 Å². The van der Waals surface area contributed by atoms with Crippen molar-refractivity contribution in [3.8, 4) is 11.5 Å². The Kier molecular flexibility index (Phi) is 4.12. The van der Waals surface area contributed by atoms with Crippen LogP contribution in [0.4, 0.5) is 19.3 Å². The summed E-state index contributed by atoms with van der Waals surface area (Å²) in [5.41, 5.74) is 1.14. The zero-order valence-corrected chi connectivity index (χ0v) is 13.8. The van der Waals surface area contributed by atoms with Gasteiger partial charge in [0.25, 0.3) is 0 Å². The Balaban J connectivity index is 1.52. The van der Waals surface area contributed by atoms with Gasteiger partial charge < -0.3 is 19.7 Å². The molecule has 1 fully saturated rings. The number of halogens is 2. The van der Waals surface area contributed by atoms with E-state index in [9.17, 15) is 13.6 Å². The molecule has 25 heavy (non-hydrogen) atoms. The monoisotopic (exact) mass is 364 g/mol. The molecule has 4 rings (SSSR count). The van der Waals surface area contributed by atoms with Crippen molar-refractivity contribution in [2.24, 2.45) is 0 Å². The van der Waals surface area contributed by atoms with Crippen LogP contribution in [0, 0.1) is 11.6 Å². The van der Waals surface area contributed by atoms with E-state index < -0.39 is 11.6 Å². The number of hydrogen-bond donors (Lipinski definition) is 1. The van der Waals surface area contributed by atoms with E-state index in [0.717, 1.165) is 23.4 Å². The maximum Gasteiger partial charge on any atom is 0.323 e. The Morgan fingerprint density at radius 3 is 2.80 bits per heavy atom. The summed E-state index contributed by atoms with van der Waals surface area (Å²) in [5, 5.41) is 2.43. The number of thioether (sulfide) groups is 1.